The first-order valence-corrected chi connectivity index (χ1v) is 3.83. The minimum absolute atomic E-state index is 0.366. The summed E-state index contributed by atoms with van der Waals surface area (Å²) in [6.45, 7) is 1.26. The van der Waals surface area contributed by atoms with Crippen LogP contribution >= 0.6 is 0 Å². The predicted octanol–water partition coefficient (Wildman–Crippen LogP) is -0.154. The number of nitrogens with one attached hydrogen (secondary N) is 1. The first-order valence-electron chi connectivity index (χ1n) is 3.83. The van der Waals surface area contributed by atoms with Gasteiger partial charge in [0.05, 0.1) is 18.4 Å². The number of fused-ring (bicyclic) bond motifs is 1. The Bertz CT molecular complexity index is 306. The van der Waals surface area contributed by atoms with Gasteiger partial charge < -0.3 is 10.6 Å². The third-order valence-electron chi connectivity index (χ3n) is 2.12. The molecule has 1 aliphatic rings. The largest absolute Gasteiger partial charge is 0.351 e. The molecule has 3 N–H and O–H groups in total. The molecule has 0 saturated carbocycles. The molecule has 0 spiro atoms. The maximum Gasteiger partial charge on any atom is 0.315 e. The summed E-state index contributed by atoms with van der Waals surface area (Å²) in [5, 5.41) is 6.74. The van der Waals surface area contributed by atoms with Gasteiger partial charge in [-0.2, -0.15) is 5.10 Å². The number of urea groups is 1. The van der Waals surface area contributed by atoms with Crippen LogP contribution in [0, 0.1) is 0 Å². The fourth-order valence-corrected chi connectivity index (χ4v) is 1.40. The fourth-order valence-electron chi connectivity index (χ4n) is 1.40. The van der Waals surface area contributed by atoms with Crippen molar-refractivity contribution >= 4 is 6.03 Å². The molecule has 64 valence electrons. The predicted molar refractivity (Wildman–Crippen MR) is 42.3 cm³/mol. The minimum Gasteiger partial charge on any atom is -0.351 e. The molecule has 1 aromatic rings. The molecule has 0 atom stereocenters. The number of aromatic nitrogens is 2. The van der Waals surface area contributed by atoms with Crippen molar-refractivity contribution in [3.05, 3.63) is 17.5 Å². The number of hydrogen-bond donors (Lipinski definition) is 2. The lowest BCUT2D eigenvalue weighted by molar-refractivity contribution is 0.201. The molecule has 0 unspecified atom stereocenters. The highest BCUT2D eigenvalue weighted by atomic mass is 16.2. The Morgan fingerprint density at radius 3 is 3.33 bits per heavy atom. The third-order valence-corrected chi connectivity index (χ3v) is 2.12. The molecule has 0 bridgehead atoms. The smallest absolute Gasteiger partial charge is 0.315 e. The first-order chi connectivity index (χ1) is 5.77. The van der Waals surface area contributed by atoms with Crippen molar-refractivity contribution in [2.45, 2.75) is 13.0 Å². The molecule has 2 heterocycles. The summed E-state index contributed by atoms with van der Waals surface area (Å²) in [4.78, 5) is 12.4. The van der Waals surface area contributed by atoms with E-state index in [1.807, 2.05) is 0 Å². The van der Waals surface area contributed by atoms with Gasteiger partial charge in [0.25, 0.3) is 0 Å². The second-order valence-corrected chi connectivity index (χ2v) is 2.88. The number of H-pyrrole nitrogens is 1. The van der Waals surface area contributed by atoms with Crippen molar-refractivity contribution in [3.63, 3.8) is 0 Å². The SMILES string of the molecule is NC(=O)N1CCc2cn[nH]c2C1. The Morgan fingerprint density at radius 1 is 1.75 bits per heavy atom. The number of primary amides is 1. The standard InChI is InChI=1S/C7H10N4O/c8-7(12)11-2-1-5-3-9-10-6(5)4-11/h3H,1-2,4H2,(H2,8,12)(H,9,10). The van der Waals surface area contributed by atoms with Gasteiger partial charge in [-0.1, -0.05) is 0 Å². The van der Waals surface area contributed by atoms with Crippen molar-refractivity contribution in [1.29, 1.82) is 0 Å². The Hall–Kier alpha value is -1.52. The lowest BCUT2D eigenvalue weighted by Gasteiger charge is -2.24. The summed E-state index contributed by atoms with van der Waals surface area (Å²) < 4.78 is 0. The molecular weight excluding hydrogens is 156 g/mol. The van der Waals surface area contributed by atoms with Crippen LogP contribution in [0.15, 0.2) is 6.20 Å². The average Bonchev–Trinajstić information content (AvgIpc) is 2.49. The molecule has 12 heavy (non-hydrogen) atoms. The number of hydrogen-bond acceptors (Lipinski definition) is 2. The van der Waals surface area contributed by atoms with Gasteiger partial charge in [-0.15, -0.1) is 0 Å². The van der Waals surface area contributed by atoms with Gasteiger partial charge in [0, 0.05) is 6.54 Å². The van der Waals surface area contributed by atoms with E-state index in [0.717, 1.165) is 12.1 Å². The third kappa shape index (κ3) is 1.03. The number of rotatable bonds is 0. The molecule has 0 aromatic carbocycles. The second kappa shape index (κ2) is 2.51. The van der Waals surface area contributed by atoms with E-state index < -0.39 is 0 Å². The number of carbonyl (C=O) groups is 1. The molecular formula is C7H10N4O. The van der Waals surface area contributed by atoms with Crippen molar-refractivity contribution in [1.82, 2.24) is 15.1 Å². The van der Waals surface area contributed by atoms with Crippen LogP contribution in [0.4, 0.5) is 4.79 Å². The Balaban J connectivity index is 2.20. The van der Waals surface area contributed by atoms with Crippen molar-refractivity contribution in [3.8, 4) is 0 Å². The maximum atomic E-state index is 10.8. The zero-order valence-electron chi connectivity index (χ0n) is 6.58. The molecule has 0 aliphatic carbocycles. The number of nitrogens with two attached hydrogens (primary N) is 1. The van der Waals surface area contributed by atoms with E-state index in [-0.39, 0.29) is 6.03 Å². The van der Waals surface area contributed by atoms with Gasteiger partial charge in [0.2, 0.25) is 0 Å². The highest BCUT2D eigenvalue weighted by Gasteiger charge is 2.19. The van der Waals surface area contributed by atoms with Crippen LogP contribution in [-0.4, -0.2) is 27.7 Å². The summed E-state index contributed by atoms with van der Waals surface area (Å²) in [6, 6.07) is -0.366. The fraction of sp³-hybridized carbons (Fsp3) is 0.429. The zero-order chi connectivity index (χ0) is 8.55. The normalized spacial score (nSPS) is 15.8. The highest BCUT2D eigenvalue weighted by molar-refractivity contribution is 5.72. The summed E-state index contributed by atoms with van der Waals surface area (Å²) in [5.41, 5.74) is 7.33. The van der Waals surface area contributed by atoms with Crippen LogP contribution < -0.4 is 5.73 Å². The van der Waals surface area contributed by atoms with E-state index in [0.29, 0.717) is 13.1 Å². The number of nitrogens with zero attached hydrogens (tertiary/aromatic N) is 2. The molecule has 1 aliphatic heterocycles. The Morgan fingerprint density at radius 2 is 2.58 bits per heavy atom. The molecule has 1 aromatic heterocycles. The van der Waals surface area contributed by atoms with Gasteiger partial charge in [0.1, 0.15) is 0 Å². The van der Waals surface area contributed by atoms with Crippen LogP contribution in [0.5, 0.6) is 0 Å². The first kappa shape index (κ1) is 7.15. The van der Waals surface area contributed by atoms with Gasteiger partial charge >= 0.3 is 6.03 Å². The monoisotopic (exact) mass is 166 g/mol. The molecule has 2 rings (SSSR count). The molecule has 0 radical (unpaired) electrons. The number of aromatic amines is 1. The summed E-state index contributed by atoms with van der Waals surface area (Å²) >= 11 is 0. The van der Waals surface area contributed by atoms with Crippen LogP contribution in [0.3, 0.4) is 0 Å². The van der Waals surface area contributed by atoms with E-state index in [1.54, 1.807) is 11.1 Å². The minimum atomic E-state index is -0.366. The van der Waals surface area contributed by atoms with Crippen molar-refractivity contribution in [2.75, 3.05) is 6.54 Å². The molecule has 5 heteroatoms. The van der Waals surface area contributed by atoms with Gasteiger partial charge in [-0.25, -0.2) is 4.79 Å². The van der Waals surface area contributed by atoms with Crippen molar-refractivity contribution in [2.24, 2.45) is 5.73 Å². The maximum absolute atomic E-state index is 10.8. The molecule has 0 saturated heterocycles. The van der Waals surface area contributed by atoms with Gasteiger partial charge in [0.15, 0.2) is 0 Å². The highest BCUT2D eigenvalue weighted by Crippen LogP contribution is 2.14. The van der Waals surface area contributed by atoms with E-state index in [1.165, 1.54) is 5.56 Å². The number of carbonyl (C=O) groups excluding carboxylic acids is 1. The quantitative estimate of drug-likeness (QED) is 0.562. The van der Waals surface area contributed by atoms with E-state index >= 15 is 0 Å². The van der Waals surface area contributed by atoms with E-state index in [4.69, 9.17) is 5.73 Å². The zero-order valence-corrected chi connectivity index (χ0v) is 6.58. The lowest BCUT2D eigenvalue weighted by Crippen LogP contribution is -2.39. The van der Waals surface area contributed by atoms with Crippen molar-refractivity contribution < 1.29 is 4.79 Å². The molecule has 5 nitrogen and oxygen atoms in total. The Labute approximate surface area is 69.5 Å². The number of amides is 2. The summed E-state index contributed by atoms with van der Waals surface area (Å²) in [6.07, 6.45) is 2.64. The Kier molecular flexibility index (Phi) is 1.49. The van der Waals surface area contributed by atoms with Crippen LogP contribution in [0.2, 0.25) is 0 Å². The van der Waals surface area contributed by atoms with Crippen LogP contribution in [0.1, 0.15) is 11.3 Å². The average molecular weight is 166 g/mol. The lowest BCUT2D eigenvalue weighted by atomic mass is 10.1. The van der Waals surface area contributed by atoms with E-state index in [2.05, 4.69) is 10.2 Å². The summed E-state index contributed by atoms with van der Waals surface area (Å²) in [7, 11) is 0. The molecule has 0 fully saturated rings. The second-order valence-electron chi connectivity index (χ2n) is 2.88. The van der Waals surface area contributed by atoms with Crippen LogP contribution in [0.25, 0.3) is 0 Å². The van der Waals surface area contributed by atoms with E-state index in [9.17, 15) is 4.79 Å². The van der Waals surface area contributed by atoms with Gasteiger partial charge in [-0.05, 0) is 12.0 Å². The topological polar surface area (TPSA) is 75.0 Å². The van der Waals surface area contributed by atoms with Crippen LogP contribution in [-0.2, 0) is 13.0 Å². The molecule has 2 amide bonds. The van der Waals surface area contributed by atoms with Gasteiger partial charge in [-0.3, -0.25) is 5.10 Å². The summed E-state index contributed by atoms with van der Waals surface area (Å²) in [5.74, 6) is 0.